The zero-order chi connectivity index (χ0) is 11.4. The molecular formula is C11H14O4. The summed E-state index contributed by atoms with van der Waals surface area (Å²) in [5.41, 5.74) is 0.114. The Balaban J connectivity index is 2.90. The molecule has 15 heavy (non-hydrogen) atoms. The Kier molecular flexibility index (Phi) is 3.66. The SMILES string of the molecule is C=CCC1CCC(C(=O)O)=C(C(=O)O)C1. The number of aliphatic carboxylic acids is 2. The van der Waals surface area contributed by atoms with Crippen LogP contribution in [0.3, 0.4) is 0 Å². The highest BCUT2D eigenvalue weighted by molar-refractivity contribution is 5.99. The van der Waals surface area contributed by atoms with E-state index in [1.54, 1.807) is 6.08 Å². The predicted molar refractivity (Wildman–Crippen MR) is 54.5 cm³/mol. The van der Waals surface area contributed by atoms with E-state index in [1.165, 1.54) is 0 Å². The fourth-order valence-electron chi connectivity index (χ4n) is 1.90. The smallest absolute Gasteiger partial charge is 0.332 e. The summed E-state index contributed by atoms with van der Waals surface area (Å²) >= 11 is 0. The molecule has 0 saturated heterocycles. The van der Waals surface area contributed by atoms with Gasteiger partial charge >= 0.3 is 11.9 Å². The minimum absolute atomic E-state index is 0.0561. The Morgan fingerprint density at radius 3 is 2.40 bits per heavy atom. The topological polar surface area (TPSA) is 74.6 Å². The van der Waals surface area contributed by atoms with E-state index in [2.05, 4.69) is 6.58 Å². The number of allylic oxidation sites excluding steroid dienone is 1. The second kappa shape index (κ2) is 4.77. The highest BCUT2D eigenvalue weighted by Gasteiger charge is 2.27. The van der Waals surface area contributed by atoms with Gasteiger partial charge in [-0.05, 0) is 31.6 Å². The number of carbonyl (C=O) groups is 2. The van der Waals surface area contributed by atoms with Crippen molar-refractivity contribution in [3.8, 4) is 0 Å². The summed E-state index contributed by atoms with van der Waals surface area (Å²) in [6.45, 7) is 3.60. The van der Waals surface area contributed by atoms with Gasteiger partial charge in [-0.2, -0.15) is 0 Å². The van der Waals surface area contributed by atoms with Gasteiger partial charge in [0.05, 0.1) is 0 Å². The first-order valence-corrected chi connectivity index (χ1v) is 4.85. The van der Waals surface area contributed by atoms with Gasteiger partial charge in [-0.1, -0.05) is 6.08 Å². The molecule has 0 amide bonds. The number of hydrogen-bond donors (Lipinski definition) is 2. The summed E-state index contributed by atoms with van der Waals surface area (Å²) in [5.74, 6) is -2.00. The molecule has 0 aromatic carbocycles. The molecule has 1 aliphatic rings. The average molecular weight is 210 g/mol. The maximum Gasteiger partial charge on any atom is 0.332 e. The van der Waals surface area contributed by atoms with Crippen molar-refractivity contribution in [2.45, 2.75) is 25.7 Å². The van der Waals surface area contributed by atoms with Crippen LogP contribution in [-0.4, -0.2) is 22.2 Å². The highest BCUT2D eigenvalue weighted by Crippen LogP contribution is 2.31. The lowest BCUT2D eigenvalue weighted by atomic mass is 9.82. The van der Waals surface area contributed by atoms with E-state index in [4.69, 9.17) is 10.2 Å². The zero-order valence-electron chi connectivity index (χ0n) is 8.40. The lowest BCUT2D eigenvalue weighted by Gasteiger charge is -2.22. The third-order valence-corrected chi connectivity index (χ3v) is 2.68. The molecule has 1 atom stereocenters. The van der Waals surface area contributed by atoms with Crippen molar-refractivity contribution in [2.75, 3.05) is 0 Å². The van der Waals surface area contributed by atoms with Gasteiger partial charge in [0.2, 0.25) is 0 Å². The van der Waals surface area contributed by atoms with E-state index in [9.17, 15) is 9.59 Å². The van der Waals surface area contributed by atoms with E-state index in [-0.39, 0.29) is 17.1 Å². The van der Waals surface area contributed by atoms with Crippen LogP contribution in [0.4, 0.5) is 0 Å². The minimum atomic E-state index is -1.11. The van der Waals surface area contributed by atoms with Gasteiger partial charge in [-0.15, -0.1) is 6.58 Å². The van der Waals surface area contributed by atoms with Gasteiger partial charge < -0.3 is 10.2 Å². The Bertz CT molecular complexity index is 327. The number of hydrogen-bond acceptors (Lipinski definition) is 2. The van der Waals surface area contributed by atoms with Gasteiger partial charge in [0.1, 0.15) is 0 Å². The fraction of sp³-hybridized carbons (Fsp3) is 0.455. The molecule has 4 nitrogen and oxygen atoms in total. The number of carboxylic acid groups (broad SMARTS) is 2. The van der Waals surface area contributed by atoms with Crippen LogP contribution in [0.25, 0.3) is 0 Å². The van der Waals surface area contributed by atoms with E-state index >= 15 is 0 Å². The Labute approximate surface area is 87.9 Å². The molecule has 2 N–H and O–H groups in total. The number of rotatable bonds is 4. The normalized spacial score (nSPS) is 21.2. The summed E-state index contributed by atoms with van der Waals surface area (Å²) in [7, 11) is 0. The van der Waals surface area contributed by atoms with E-state index < -0.39 is 11.9 Å². The third-order valence-electron chi connectivity index (χ3n) is 2.68. The molecule has 82 valence electrons. The Morgan fingerprint density at radius 2 is 1.93 bits per heavy atom. The molecule has 0 spiro atoms. The molecule has 1 unspecified atom stereocenters. The standard InChI is InChI=1S/C11H14O4/c1-2-3-7-4-5-8(10(12)13)9(6-7)11(14)15/h2,7H,1,3-6H2,(H,12,13)(H,14,15). The Morgan fingerprint density at radius 1 is 1.33 bits per heavy atom. The van der Waals surface area contributed by atoms with E-state index in [1.807, 2.05) is 0 Å². The minimum Gasteiger partial charge on any atom is -0.478 e. The first-order valence-electron chi connectivity index (χ1n) is 4.85. The molecule has 0 fully saturated rings. The molecule has 0 aromatic rings. The maximum atomic E-state index is 10.9. The lowest BCUT2D eigenvalue weighted by Crippen LogP contribution is -2.19. The second-order valence-electron chi connectivity index (χ2n) is 3.70. The number of carboxylic acids is 2. The van der Waals surface area contributed by atoms with E-state index in [0.717, 1.165) is 12.8 Å². The summed E-state index contributed by atoms with van der Waals surface area (Å²) in [6.07, 6.45) is 3.89. The highest BCUT2D eigenvalue weighted by atomic mass is 16.4. The van der Waals surface area contributed by atoms with Crippen LogP contribution in [0.15, 0.2) is 23.8 Å². The van der Waals surface area contributed by atoms with Crippen LogP contribution in [0.2, 0.25) is 0 Å². The average Bonchev–Trinajstić information content (AvgIpc) is 2.17. The van der Waals surface area contributed by atoms with Crippen molar-refractivity contribution in [3.63, 3.8) is 0 Å². The fourth-order valence-corrected chi connectivity index (χ4v) is 1.90. The van der Waals surface area contributed by atoms with Gasteiger partial charge in [0.25, 0.3) is 0 Å². The van der Waals surface area contributed by atoms with Crippen LogP contribution < -0.4 is 0 Å². The first kappa shape index (κ1) is 11.5. The van der Waals surface area contributed by atoms with Crippen molar-refractivity contribution >= 4 is 11.9 Å². The van der Waals surface area contributed by atoms with Crippen LogP contribution >= 0.6 is 0 Å². The summed E-state index contributed by atoms with van der Waals surface area (Å²) < 4.78 is 0. The molecule has 1 aliphatic carbocycles. The Hall–Kier alpha value is -1.58. The van der Waals surface area contributed by atoms with Gasteiger partial charge in [-0.25, -0.2) is 9.59 Å². The van der Waals surface area contributed by atoms with Crippen molar-refractivity contribution in [3.05, 3.63) is 23.8 Å². The van der Waals surface area contributed by atoms with Crippen molar-refractivity contribution in [1.82, 2.24) is 0 Å². The molecule has 0 bridgehead atoms. The van der Waals surface area contributed by atoms with Crippen LogP contribution in [0, 0.1) is 5.92 Å². The largest absolute Gasteiger partial charge is 0.478 e. The maximum absolute atomic E-state index is 10.9. The molecule has 0 radical (unpaired) electrons. The van der Waals surface area contributed by atoms with Crippen molar-refractivity contribution in [2.24, 2.45) is 5.92 Å². The van der Waals surface area contributed by atoms with Crippen molar-refractivity contribution < 1.29 is 19.8 Å². The second-order valence-corrected chi connectivity index (χ2v) is 3.70. The molecule has 0 aromatic heterocycles. The monoisotopic (exact) mass is 210 g/mol. The van der Waals surface area contributed by atoms with E-state index in [0.29, 0.717) is 12.8 Å². The van der Waals surface area contributed by atoms with Gasteiger partial charge in [0.15, 0.2) is 0 Å². The van der Waals surface area contributed by atoms with Crippen LogP contribution in [0.5, 0.6) is 0 Å². The van der Waals surface area contributed by atoms with Crippen LogP contribution in [0.1, 0.15) is 25.7 Å². The van der Waals surface area contributed by atoms with Crippen LogP contribution in [-0.2, 0) is 9.59 Å². The summed E-state index contributed by atoms with van der Waals surface area (Å²) in [5, 5.41) is 17.7. The molecule has 1 rings (SSSR count). The summed E-state index contributed by atoms with van der Waals surface area (Å²) in [6, 6.07) is 0. The van der Waals surface area contributed by atoms with Gasteiger partial charge in [0, 0.05) is 11.1 Å². The van der Waals surface area contributed by atoms with Crippen molar-refractivity contribution in [1.29, 1.82) is 0 Å². The molecular weight excluding hydrogens is 196 g/mol. The van der Waals surface area contributed by atoms with Gasteiger partial charge in [-0.3, -0.25) is 0 Å². The first-order chi connectivity index (χ1) is 7.06. The summed E-state index contributed by atoms with van der Waals surface area (Å²) in [4.78, 5) is 21.7. The third kappa shape index (κ3) is 2.68. The molecule has 0 heterocycles. The predicted octanol–water partition coefficient (Wildman–Crippen LogP) is 1.83. The quantitative estimate of drug-likeness (QED) is 0.694. The molecule has 0 saturated carbocycles. The molecule has 4 heteroatoms. The zero-order valence-corrected chi connectivity index (χ0v) is 8.40. The lowest BCUT2D eigenvalue weighted by molar-refractivity contribution is -0.136. The molecule has 0 aliphatic heterocycles.